The molecular formula is C14H21ClN2O4S. The fraction of sp³-hybridized carbons (Fsp3) is 0.500. The van der Waals surface area contributed by atoms with Gasteiger partial charge < -0.3 is 15.4 Å². The maximum atomic E-state index is 12.1. The van der Waals surface area contributed by atoms with Crippen molar-refractivity contribution in [3.8, 4) is 0 Å². The van der Waals surface area contributed by atoms with Crippen LogP contribution in [-0.2, 0) is 25.1 Å². The summed E-state index contributed by atoms with van der Waals surface area (Å²) in [5, 5.41) is 5.92. The summed E-state index contributed by atoms with van der Waals surface area (Å²) in [4.78, 5) is 12.1. The lowest BCUT2D eigenvalue weighted by Crippen LogP contribution is -2.53. The van der Waals surface area contributed by atoms with E-state index in [1.165, 1.54) is 6.26 Å². The Morgan fingerprint density at radius 3 is 2.55 bits per heavy atom. The smallest absolute Gasteiger partial charge is 0.244 e. The highest BCUT2D eigenvalue weighted by Gasteiger charge is 2.28. The molecule has 1 fully saturated rings. The quantitative estimate of drug-likeness (QED) is 0.847. The largest absolute Gasteiger partial charge is 0.375 e. The maximum absolute atomic E-state index is 12.1. The Labute approximate surface area is 136 Å². The highest BCUT2D eigenvalue weighted by molar-refractivity contribution is 7.89. The molecule has 124 valence electrons. The molecule has 1 aromatic rings. The molecule has 0 unspecified atom stereocenters. The van der Waals surface area contributed by atoms with Crippen molar-refractivity contribution in [2.75, 3.05) is 24.7 Å². The predicted octanol–water partition coefficient (Wildman–Crippen LogP) is 0.968. The third-order valence-electron chi connectivity index (χ3n) is 3.25. The van der Waals surface area contributed by atoms with Gasteiger partial charge in [-0.15, -0.1) is 12.4 Å². The van der Waals surface area contributed by atoms with Crippen molar-refractivity contribution in [3.05, 3.63) is 29.8 Å². The van der Waals surface area contributed by atoms with Gasteiger partial charge in [0, 0.05) is 18.5 Å². The van der Waals surface area contributed by atoms with E-state index in [1.54, 1.807) is 24.3 Å². The number of nitrogens with one attached hydrogen (secondary N) is 2. The molecule has 1 aliphatic heterocycles. The normalized spacial score (nSPS) is 21.7. The number of morpholine rings is 1. The number of hydrogen-bond acceptors (Lipinski definition) is 5. The van der Waals surface area contributed by atoms with Gasteiger partial charge in [0.05, 0.1) is 18.5 Å². The topological polar surface area (TPSA) is 84.5 Å². The number of hydrogen-bond donors (Lipinski definition) is 2. The van der Waals surface area contributed by atoms with E-state index in [1.807, 2.05) is 6.92 Å². The molecule has 1 aromatic carbocycles. The minimum atomic E-state index is -3.05. The van der Waals surface area contributed by atoms with Crippen LogP contribution in [0.25, 0.3) is 0 Å². The van der Waals surface area contributed by atoms with Gasteiger partial charge in [0.2, 0.25) is 5.91 Å². The van der Waals surface area contributed by atoms with Gasteiger partial charge in [0.15, 0.2) is 9.84 Å². The first-order chi connectivity index (χ1) is 9.85. The lowest BCUT2D eigenvalue weighted by atomic mass is 10.1. The van der Waals surface area contributed by atoms with Gasteiger partial charge in [-0.2, -0.15) is 0 Å². The van der Waals surface area contributed by atoms with E-state index in [-0.39, 0.29) is 36.2 Å². The Kier molecular flexibility index (Phi) is 6.80. The molecule has 1 saturated heterocycles. The molecule has 2 atom stereocenters. The predicted molar refractivity (Wildman–Crippen MR) is 88.1 cm³/mol. The third kappa shape index (κ3) is 5.57. The second-order valence-electron chi connectivity index (χ2n) is 5.26. The Hall–Kier alpha value is -1.15. The van der Waals surface area contributed by atoms with E-state index >= 15 is 0 Å². The molecule has 2 N–H and O–H groups in total. The second-order valence-corrected chi connectivity index (χ2v) is 7.40. The van der Waals surface area contributed by atoms with Crippen LogP contribution >= 0.6 is 12.4 Å². The third-order valence-corrected chi connectivity index (χ3v) is 4.11. The summed E-state index contributed by atoms with van der Waals surface area (Å²) in [6.07, 6.45) is 1.02. The molecule has 0 saturated carbocycles. The van der Waals surface area contributed by atoms with E-state index in [0.29, 0.717) is 24.4 Å². The molecule has 1 aliphatic rings. The second kappa shape index (κ2) is 7.92. The minimum Gasteiger partial charge on any atom is -0.375 e. The van der Waals surface area contributed by atoms with Gasteiger partial charge in [-0.1, -0.05) is 12.1 Å². The van der Waals surface area contributed by atoms with Crippen LogP contribution in [0.2, 0.25) is 0 Å². The number of benzene rings is 1. The first-order valence-corrected chi connectivity index (χ1v) is 8.84. The molecule has 1 amide bonds. The van der Waals surface area contributed by atoms with Gasteiger partial charge in [-0.05, 0) is 24.6 Å². The number of sulfone groups is 1. The van der Waals surface area contributed by atoms with Crippen molar-refractivity contribution < 1.29 is 17.9 Å². The first-order valence-electron chi connectivity index (χ1n) is 6.78. The number of rotatable bonds is 4. The molecule has 0 aliphatic carbocycles. The highest BCUT2D eigenvalue weighted by Crippen LogP contribution is 2.13. The standard InChI is InChI=1S/C14H20N2O4S.ClH/c1-10-13(15-7-8-20-10)14(17)16-12-5-3-11(4-6-12)9-21(2,18)19;/h3-6,10,13,15H,7-9H2,1-2H3,(H,16,17);1H/t10-,13+;/m1./s1. The van der Waals surface area contributed by atoms with Gasteiger partial charge in [0.1, 0.15) is 6.04 Å². The average Bonchev–Trinajstić information content (AvgIpc) is 2.40. The molecule has 0 spiro atoms. The summed E-state index contributed by atoms with van der Waals surface area (Å²) in [5.74, 6) is -0.158. The summed E-state index contributed by atoms with van der Waals surface area (Å²) in [5.41, 5.74) is 1.33. The van der Waals surface area contributed by atoms with Crippen molar-refractivity contribution in [3.63, 3.8) is 0 Å². The van der Waals surface area contributed by atoms with E-state index in [4.69, 9.17) is 4.74 Å². The van der Waals surface area contributed by atoms with E-state index < -0.39 is 9.84 Å². The zero-order valence-electron chi connectivity index (χ0n) is 12.5. The molecule has 0 radical (unpaired) electrons. The number of carbonyl (C=O) groups excluding carboxylic acids is 1. The number of halogens is 1. The number of anilines is 1. The SMILES string of the molecule is C[C@H]1OCCN[C@@H]1C(=O)Nc1ccc(CS(C)(=O)=O)cc1.Cl. The Balaban J connectivity index is 0.00000242. The van der Waals surface area contributed by atoms with Crippen molar-refractivity contribution in [2.24, 2.45) is 0 Å². The van der Waals surface area contributed by atoms with E-state index in [0.717, 1.165) is 0 Å². The number of amides is 1. The Bertz CT molecular complexity index is 604. The van der Waals surface area contributed by atoms with Crippen molar-refractivity contribution in [2.45, 2.75) is 24.8 Å². The average molecular weight is 349 g/mol. The zero-order valence-corrected chi connectivity index (χ0v) is 14.2. The lowest BCUT2D eigenvalue weighted by molar-refractivity contribution is -0.123. The molecule has 0 bridgehead atoms. The van der Waals surface area contributed by atoms with Crippen LogP contribution in [0.15, 0.2) is 24.3 Å². The van der Waals surface area contributed by atoms with Gasteiger partial charge in [-0.3, -0.25) is 4.79 Å². The van der Waals surface area contributed by atoms with E-state index in [2.05, 4.69) is 10.6 Å². The highest BCUT2D eigenvalue weighted by atomic mass is 35.5. The fourth-order valence-corrected chi connectivity index (χ4v) is 3.03. The van der Waals surface area contributed by atoms with Crippen LogP contribution in [0, 0.1) is 0 Å². The lowest BCUT2D eigenvalue weighted by Gasteiger charge is -2.29. The molecular weight excluding hydrogens is 328 g/mol. The monoisotopic (exact) mass is 348 g/mol. The summed E-state index contributed by atoms with van der Waals surface area (Å²) in [6.45, 7) is 3.10. The zero-order chi connectivity index (χ0) is 15.5. The van der Waals surface area contributed by atoms with E-state index in [9.17, 15) is 13.2 Å². The summed E-state index contributed by atoms with van der Waals surface area (Å²) in [7, 11) is -3.05. The number of carbonyl (C=O) groups is 1. The molecule has 0 aromatic heterocycles. The Morgan fingerprint density at radius 1 is 1.36 bits per heavy atom. The fourth-order valence-electron chi connectivity index (χ4n) is 2.23. The first kappa shape index (κ1) is 18.9. The summed E-state index contributed by atoms with van der Waals surface area (Å²) in [6, 6.07) is 6.42. The van der Waals surface area contributed by atoms with Crippen molar-refractivity contribution in [1.82, 2.24) is 5.32 Å². The van der Waals surface area contributed by atoms with Crippen LogP contribution in [0.3, 0.4) is 0 Å². The summed E-state index contributed by atoms with van der Waals surface area (Å²) < 4.78 is 27.9. The summed E-state index contributed by atoms with van der Waals surface area (Å²) >= 11 is 0. The molecule has 22 heavy (non-hydrogen) atoms. The van der Waals surface area contributed by atoms with Gasteiger partial charge in [0.25, 0.3) is 0 Å². The van der Waals surface area contributed by atoms with Crippen LogP contribution < -0.4 is 10.6 Å². The van der Waals surface area contributed by atoms with Crippen molar-refractivity contribution >= 4 is 33.8 Å². The molecule has 6 nitrogen and oxygen atoms in total. The van der Waals surface area contributed by atoms with Crippen LogP contribution in [0.4, 0.5) is 5.69 Å². The van der Waals surface area contributed by atoms with Crippen LogP contribution in [0.1, 0.15) is 12.5 Å². The number of ether oxygens (including phenoxy) is 1. The van der Waals surface area contributed by atoms with Crippen LogP contribution in [0.5, 0.6) is 0 Å². The molecule has 8 heteroatoms. The van der Waals surface area contributed by atoms with Crippen LogP contribution in [-0.4, -0.2) is 45.9 Å². The molecule has 1 heterocycles. The molecule has 2 rings (SSSR count). The van der Waals surface area contributed by atoms with Gasteiger partial charge >= 0.3 is 0 Å². The maximum Gasteiger partial charge on any atom is 0.244 e. The van der Waals surface area contributed by atoms with Crippen molar-refractivity contribution in [1.29, 1.82) is 0 Å². The minimum absolute atomic E-state index is 0. The Morgan fingerprint density at radius 2 is 2.00 bits per heavy atom. The van der Waals surface area contributed by atoms with Gasteiger partial charge in [-0.25, -0.2) is 8.42 Å².